The lowest BCUT2D eigenvalue weighted by Gasteiger charge is -2.24. The van der Waals surface area contributed by atoms with Crippen molar-refractivity contribution in [3.63, 3.8) is 0 Å². The van der Waals surface area contributed by atoms with Crippen LogP contribution in [0.3, 0.4) is 0 Å². The number of amides is 1. The van der Waals surface area contributed by atoms with Crippen molar-refractivity contribution >= 4 is 11.9 Å². The average Bonchev–Trinajstić information content (AvgIpc) is 2.68. The van der Waals surface area contributed by atoms with Gasteiger partial charge in [0, 0.05) is 6.54 Å². The Morgan fingerprint density at radius 2 is 1.83 bits per heavy atom. The standard InChI is InChI=1S/C14H25NO3/c1-5-14(3,4)8-15-12(16)10-6-9(2)7-11(10)13(17)18/h9-11H,5-8H2,1-4H3,(H,15,16)(H,17,18). The van der Waals surface area contributed by atoms with Crippen LogP contribution in [0, 0.1) is 23.2 Å². The highest BCUT2D eigenvalue weighted by atomic mass is 16.4. The maximum absolute atomic E-state index is 12.1. The fourth-order valence-electron chi connectivity index (χ4n) is 2.44. The Hall–Kier alpha value is -1.06. The molecule has 3 atom stereocenters. The molecule has 0 heterocycles. The van der Waals surface area contributed by atoms with Gasteiger partial charge in [-0.1, -0.05) is 27.7 Å². The summed E-state index contributed by atoms with van der Waals surface area (Å²) in [7, 11) is 0. The van der Waals surface area contributed by atoms with Crippen molar-refractivity contribution < 1.29 is 14.7 Å². The summed E-state index contributed by atoms with van der Waals surface area (Å²) in [4.78, 5) is 23.2. The molecular formula is C14H25NO3. The quantitative estimate of drug-likeness (QED) is 0.792. The van der Waals surface area contributed by atoms with Crippen LogP contribution in [0.4, 0.5) is 0 Å². The second kappa shape index (κ2) is 5.72. The highest BCUT2D eigenvalue weighted by Crippen LogP contribution is 2.36. The summed E-state index contributed by atoms with van der Waals surface area (Å²) in [5.41, 5.74) is 0.0681. The molecule has 18 heavy (non-hydrogen) atoms. The van der Waals surface area contributed by atoms with Crippen LogP contribution in [0.5, 0.6) is 0 Å². The van der Waals surface area contributed by atoms with E-state index in [0.717, 1.165) is 6.42 Å². The fourth-order valence-corrected chi connectivity index (χ4v) is 2.44. The highest BCUT2D eigenvalue weighted by Gasteiger charge is 2.41. The molecule has 0 bridgehead atoms. The van der Waals surface area contributed by atoms with Gasteiger partial charge in [0.15, 0.2) is 0 Å². The van der Waals surface area contributed by atoms with E-state index in [0.29, 0.717) is 25.3 Å². The molecule has 0 aromatic heterocycles. The first-order chi connectivity index (χ1) is 8.26. The first-order valence-corrected chi connectivity index (χ1v) is 6.77. The number of carboxylic acid groups (broad SMARTS) is 1. The zero-order chi connectivity index (χ0) is 13.9. The van der Waals surface area contributed by atoms with Gasteiger partial charge in [-0.2, -0.15) is 0 Å². The summed E-state index contributed by atoms with van der Waals surface area (Å²) in [6.45, 7) is 8.90. The topological polar surface area (TPSA) is 66.4 Å². The van der Waals surface area contributed by atoms with Gasteiger partial charge in [0.2, 0.25) is 5.91 Å². The van der Waals surface area contributed by atoms with E-state index in [2.05, 4.69) is 26.1 Å². The van der Waals surface area contributed by atoms with Crippen molar-refractivity contribution in [2.75, 3.05) is 6.54 Å². The molecule has 1 amide bonds. The van der Waals surface area contributed by atoms with Crippen LogP contribution in [0.25, 0.3) is 0 Å². The van der Waals surface area contributed by atoms with Crippen molar-refractivity contribution in [2.45, 2.75) is 47.0 Å². The number of carboxylic acids is 1. The molecule has 1 aliphatic rings. The van der Waals surface area contributed by atoms with Gasteiger partial charge in [0.1, 0.15) is 0 Å². The summed E-state index contributed by atoms with van der Waals surface area (Å²) in [5.74, 6) is -1.47. The molecule has 0 spiro atoms. The fraction of sp³-hybridized carbons (Fsp3) is 0.857. The van der Waals surface area contributed by atoms with Gasteiger partial charge in [0.25, 0.3) is 0 Å². The molecular weight excluding hydrogens is 230 g/mol. The molecule has 0 saturated heterocycles. The van der Waals surface area contributed by atoms with Crippen molar-refractivity contribution in [3.05, 3.63) is 0 Å². The summed E-state index contributed by atoms with van der Waals surface area (Å²) >= 11 is 0. The minimum atomic E-state index is -0.839. The van der Waals surface area contributed by atoms with E-state index in [1.807, 2.05) is 6.92 Å². The Kier molecular flexibility index (Phi) is 4.77. The molecule has 1 fully saturated rings. The summed E-state index contributed by atoms with van der Waals surface area (Å²) in [6.07, 6.45) is 2.29. The number of rotatable bonds is 5. The Balaban J connectivity index is 2.58. The van der Waals surface area contributed by atoms with Crippen LogP contribution in [-0.2, 0) is 9.59 Å². The van der Waals surface area contributed by atoms with Crippen LogP contribution in [0.2, 0.25) is 0 Å². The van der Waals surface area contributed by atoms with E-state index in [-0.39, 0.29) is 17.2 Å². The predicted octanol–water partition coefficient (Wildman–Crippen LogP) is 2.29. The Morgan fingerprint density at radius 1 is 1.28 bits per heavy atom. The van der Waals surface area contributed by atoms with E-state index in [1.165, 1.54) is 0 Å². The molecule has 0 aromatic rings. The second-order valence-electron chi connectivity index (χ2n) is 6.36. The van der Waals surface area contributed by atoms with Crippen LogP contribution < -0.4 is 5.32 Å². The summed E-state index contributed by atoms with van der Waals surface area (Å²) < 4.78 is 0. The molecule has 1 aliphatic carbocycles. The minimum Gasteiger partial charge on any atom is -0.481 e. The van der Waals surface area contributed by atoms with Gasteiger partial charge in [0.05, 0.1) is 11.8 Å². The molecule has 2 N–H and O–H groups in total. The molecule has 1 rings (SSSR count). The average molecular weight is 255 g/mol. The van der Waals surface area contributed by atoms with Gasteiger partial charge in [-0.05, 0) is 30.6 Å². The zero-order valence-corrected chi connectivity index (χ0v) is 11.8. The number of hydrogen-bond donors (Lipinski definition) is 2. The van der Waals surface area contributed by atoms with Crippen molar-refractivity contribution in [1.82, 2.24) is 5.32 Å². The third-order valence-electron chi connectivity index (χ3n) is 4.15. The number of carbonyl (C=O) groups is 2. The van der Waals surface area contributed by atoms with Gasteiger partial charge in [-0.25, -0.2) is 0 Å². The lowest BCUT2D eigenvalue weighted by molar-refractivity contribution is -0.146. The molecule has 0 aromatic carbocycles. The maximum atomic E-state index is 12.1. The van der Waals surface area contributed by atoms with Crippen LogP contribution in [0.15, 0.2) is 0 Å². The van der Waals surface area contributed by atoms with Crippen LogP contribution in [0.1, 0.15) is 47.0 Å². The monoisotopic (exact) mass is 255 g/mol. The lowest BCUT2D eigenvalue weighted by Crippen LogP contribution is -2.39. The van der Waals surface area contributed by atoms with E-state index in [1.54, 1.807) is 0 Å². The minimum absolute atomic E-state index is 0.0681. The Morgan fingerprint density at radius 3 is 2.33 bits per heavy atom. The van der Waals surface area contributed by atoms with E-state index in [9.17, 15) is 9.59 Å². The Labute approximate surface area is 109 Å². The number of aliphatic carboxylic acids is 1. The first kappa shape index (κ1) is 15.0. The largest absolute Gasteiger partial charge is 0.481 e. The van der Waals surface area contributed by atoms with Crippen LogP contribution >= 0.6 is 0 Å². The summed E-state index contributed by atoms with van der Waals surface area (Å²) in [6, 6.07) is 0. The van der Waals surface area contributed by atoms with Crippen molar-refractivity contribution in [2.24, 2.45) is 23.2 Å². The normalized spacial score (nSPS) is 28.1. The second-order valence-corrected chi connectivity index (χ2v) is 6.36. The van der Waals surface area contributed by atoms with E-state index in [4.69, 9.17) is 5.11 Å². The van der Waals surface area contributed by atoms with Crippen molar-refractivity contribution in [1.29, 1.82) is 0 Å². The number of hydrogen-bond acceptors (Lipinski definition) is 2. The molecule has 4 heteroatoms. The molecule has 4 nitrogen and oxygen atoms in total. The Bertz CT molecular complexity index is 325. The zero-order valence-electron chi connectivity index (χ0n) is 11.8. The molecule has 0 aliphatic heterocycles. The van der Waals surface area contributed by atoms with Gasteiger partial charge in [-0.15, -0.1) is 0 Å². The molecule has 104 valence electrons. The first-order valence-electron chi connectivity index (χ1n) is 6.77. The maximum Gasteiger partial charge on any atom is 0.307 e. The smallest absolute Gasteiger partial charge is 0.307 e. The van der Waals surface area contributed by atoms with Crippen LogP contribution in [-0.4, -0.2) is 23.5 Å². The molecule has 1 saturated carbocycles. The lowest BCUT2D eigenvalue weighted by atomic mass is 9.89. The molecule has 0 radical (unpaired) electrons. The van der Waals surface area contributed by atoms with Crippen molar-refractivity contribution in [3.8, 4) is 0 Å². The van der Waals surface area contributed by atoms with Gasteiger partial charge < -0.3 is 10.4 Å². The van der Waals surface area contributed by atoms with E-state index >= 15 is 0 Å². The highest BCUT2D eigenvalue weighted by molar-refractivity contribution is 5.85. The number of carbonyl (C=O) groups excluding carboxylic acids is 1. The van der Waals surface area contributed by atoms with Gasteiger partial charge in [-0.3, -0.25) is 9.59 Å². The number of nitrogens with one attached hydrogen (secondary N) is 1. The molecule has 3 unspecified atom stereocenters. The third kappa shape index (κ3) is 3.72. The third-order valence-corrected chi connectivity index (χ3v) is 4.15. The predicted molar refractivity (Wildman–Crippen MR) is 70.1 cm³/mol. The van der Waals surface area contributed by atoms with Gasteiger partial charge >= 0.3 is 5.97 Å². The summed E-state index contributed by atoms with van der Waals surface area (Å²) in [5, 5.41) is 12.1. The SMILES string of the molecule is CCC(C)(C)CNC(=O)C1CC(C)CC1C(=O)O. The van der Waals surface area contributed by atoms with E-state index < -0.39 is 11.9 Å².